The van der Waals surface area contributed by atoms with E-state index >= 15 is 0 Å². The lowest BCUT2D eigenvalue weighted by molar-refractivity contribution is -0.124. The van der Waals surface area contributed by atoms with Crippen molar-refractivity contribution in [3.05, 3.63) is 70.9 Å². The Kier molecular flexibility index (Phi) is 6.46. The SMILES string of the molecule is CCn1nccc1C(=O)NC(C(=O)Nc1cc2c(cn1)C1(CCOCC1)C(=O)N2)c1ccc(F)c(C)c1. The van der Waals surface area contributed by atoms with E-state index in [9.17, 15) is 18.8 Å². The predicted molar refractivity (Wildman–Crippen MR) is 132 cm³/mol. The summed E-state index contributed by atoms with van der Waals surface area (Å²) in [7, 11) is 0. The van der Waals surface area contributed by atoms with Gasteiger partial charge in [-0.1, -0.05) is 12.1 Å². The summed E-state index contributed by atoms with van der Waals surface area (Å²) in [6.45, 7) is 4.88. The molecule has 3 N–H and O–H groups in total. The molecule has 0 saturated carbocycles. The zero-order valence-electron chi connectivity index (χ0n) is 20.5. The average Bonchev–Trinajstić information content (AvgIpc) is 3.47. The van der Waals surface area contributed by atoms with Crippen LogP contribution in [0.15, 0.2) is 42.7 Å². The van der Waals surface area contributed by atoms with Gasteiger partial charge in [0, 0.05) is 43.8 Å². The van der Waals surface area contributed by atoms with Crippen LogP contribution in [0.3, 0.4) is 0 Å². The molecule has 5 rings (SSSR count). The number of anilines is 2. The van der Waals surface area contributed by atoms with Crippen molar-refractivity contribution < 1.29 is 23.5 Å². The molecule has 0 bridgehead atoms. The van der Waals surface area contributed by atoms with Gasteiger partial charge in [-0.05, 0) is 49.9 Å². The molecule has 2 aliphatic heterocycles. The summed E-state index contributed by atoms with van der Waals surface area (Å²) < 4.78 is 20.9. The van der Waals surface area contributed by atoms with Crippen LogP contribution in [-0.4, -0.2) is 45.7 Å². The summed E-state index contributed by atoms with van der Waals surface area (Å²) in [5, 5.41) is 12.5. The molecule has 1 spiro atoms. The minimum Gasteiger partial charge on any atom is -0.381 e. The molecule has 3 amide bonds. The molecule has 1 atom stereocenters. The number of hydrogen-bond donors (Lipinski definition) is 3. The van der Waals surface area contributed by atoms with Gasteiger partial charge in [0.25, 0.3) is 11.8 Å². The van der Waals surface area contributed by atoms with Gasteiger partial charge in [0.1, 0.15) is 23.4 Å². The molecule has 3 aromatic rings. The van der Waals surface area contributed by atoms with Crippen molar-refractivity contribution in [1.82, 2.24) is 20.1 Å². The number of rotatable bonds is 6. The predicted octanol–water partition coefficient (Wildman–Crippen LogP) is 2.86. The lowest BCUT2D eigenvalue weighted by Crippen LogP contribution is -2.40. The monoisotopic (exact) mass is 506 g/mol. The third-order valence-electron chi connectivity index (χ3n) is 7.00. The fourth-order valence-corrected chi connectivity index (χ4v) is 4.92. The number of hydrogen-bond acceptors (Lipinski definition) is 6. The van der Waals surface area contributed by atoms with Gasteiger partial charge in [-0.25, -0.2) is 9.37 Å². The molecular weight excluding hydrogens is 479 g/mol. The Balaban J connectivity index is 1.42. The summed E-state index contributed by atoms with van der Waals surface area (Å²) in [6.07, 6.45) is 4.23. The summed E-state index contributed by atoms with van der Waals surface area (Å²) in [5.74, 6) is -1.38. The Labute approximate surface area is 212 Å². The lowest BCUT2D eigenvalue weighted by Gasteiger charge is -2.31. The number of carbonyl (C=O) groups is 3. The van der Waals surface area contributed by atoms with Gasteiger partial charge in [-0.15, -0.1) is 0 Å². The molecule has 1 saturated heterocycles. The number of aromatic nitrogens is 3. The first-order valence-electron chi connectivity index (χ1n) is 12.1. The van der Waals surface area contributed by atoms with Crippen LogP contribution in [0, 0.1) is 12.7 Å². The van der Waals surface area contributed by atoms with Crippen LogP contribution in [-0.2, 0) is 26.3 Å². The number of fused-ring (bicyclic) bond motifs is 2. The maximum atomic E-state index is 14.0. The third kappa shape index (κ3) is 4.46. The minimum absolute atomic E-state index is 0.101. The number of amides is 3. The highest BCUT2D eigenvalue weighted by molar-refractivity contribution is 6.07. The van der Waals surface area contributed by atoms with E-state index < -0.39 is 29.1 Å². The molecule has 0 radical (unpaired) electrons. The number of aryl methyl sites for hydroxylation is 2. The molecule has 2 aromatic heterocycles. The number of carbonyl (C=O) groups excluding carboxylic acids is 3. The normalized spacial score (nSPS) is 16.7. The fraction of sp³-hybridized carbons (Fsp3) is 0.346. The largest absolute Gasteiger partial charge is 0.381 e. The van der Waals surface area contributed by atoms with Crippen LogP contribution in [0.2, 0.25) is 0 Å². The van der Waals surface area contributed by atoms with E-state index in [0.717, 1.165) is 5.56 Å². The highest BCUT2D eigenvalue weighted by Gasteiger charge is 2.48. The number of benzene rings is 1. The molecule has 4 heterocycles. The van der Waals surface area contributed by atoms with Crippen LogP contribution in [0.4, 0.5) is 15.9 Å². The van der Waals surface area contributed by atoms with Crippen molar-refractivity contribution in [2.45, 2.75) is 44.7 Å². The van der Waals surface area contributed by atoms with Crippen LogP contribution in [0.5, 0.6) is 0 Å². The molecule has 37 heavy (non-hydrogen) atoms. The van der Waals surface area contributed by atoms with E-state index in [-0.39, 0.29) is 11.7 Å². The van der Waals surface area contributed by atoms with Crippen molar-refractivity contribution in [2.75, 3.05) is 23.8 Å². The van der Waals surface area contributed by atoms with Gasteiger partial charge < -0.3 is 20.7 Å². The maximum absolute atomic E-state index is 14.0. The summed E-state index contributed by atoms with van der Waals surface area (Å²) >= 11 is 0. The molecule has 192 valence electrons. The Morgan fingerprint density at radius 1 is 1.24 bits per heavy atom. The van der Waals surface area contributed by atoms with E-state index in [0.29, 0.717) is 55.1 Å². The van der Waals surface area contributed by atoms with Gasteiger partial charge in [-0.2, -0.15) is 5.10 Å². The molecular formula is C26H27FN6O4. The molecule has 2 aliphatic rings. The fourth-order valence-electron chi connectivity index (χ4n) is 4.92. The summed E-state index contributed by atoms with van der Waals surface area (Å²) in [6, 6.07) is 6.25. The van der Waals surface area contributed by atoms with E-state index in [2.05, 4.69) is 26.0 Å². The first-order valence-corrected chi connectivity index (χ1v) is 12.1. The van der Waals surface area contributed by atoms with Gasteiger partial charge in [0.2, 0.25) is 5.91 Å². The second kappa shape index (κ2) is 9.74. The summed E-state index contributed by atoms with van der Waals surface area (Å²) in [5.41, 5.74) is 1.73. The van der Waals surface area contributed by atoms with Gasteiger partial charge in [0.15, 0.2) is 0 Å². The molecule has 1 unspecified atom stereocenters. The first kappa shape index (κ1) is 24.6. The van der Waals surface area contributed by atoms with E-state index in [1.807, 2.05) is 6.92 Å². The first-order chi connectivity index (χ1) is 17.8. The zero-order chi connectivity index (χ0) is 26.2. The minimum atomic E-state index is -1.14. The van der Waals surface area contributed by atoms with Crippen molar-refractivity contribution in [1.29, 1.82) is 0 Å². The Morgan fingerprint density at radius 2 is 2.03 bits per heavy atom. The van der Waals surface area contributed by atoms with Gasteiger partial charge in [0.05, 0.1) is 11.1 Å². The average molecular weight is 507 g/mol. The Hall–Kier alpha value is -4.12. The zero-order valence-corrected chi connectivity index (χ0v) is 20.5. The van der Waals surface area contributed by atoms with Crippen LogP contribution in [0.1, 0.15) is 53.0 Å². The highest BCUT2D eigenvalue weighted by Crippen LogP contribution is 2.44. The number of nitrogens with one attached hydrogen (secondary N) is 3. The smallest absolute Gasteiger partial charge is 0.270 e. The van der Waals surface area contributed by atoms with Gasteiger partial charge in [-0.3, -0.25) is 19.1 Å². The lowest BCUT2D eigenvalue weighted by atomic mass is 9.76. The third-order valence-corrected chi connectivity index (χ3v) is 7.00. The quantitative estimate of drug-likeness (QED) is 0.472. The second-order valence-corrected chi connectivity index (χ2v) is 9.20. The van der Waals surface area contributed by atoms with E-state index in [1.165, 1.54) is 29.1 Å². The number of ether oxygens (including phenoxy) is 1. The second-order valence-electron chi connectivity index (χ2n) is 9.20. The van der Waals surface area contributed by atoms with Gasteiger partial charge >= 0.3 is 0 Å². The maximum Gasteiger partial charge on any atom is 0.270 e. The van der Waals surface area contributed by atoms with Crippen LogP contribution < -0.4 is 16.0 Å². The van der Waals surface area contributed by atoms with Crippen molar-refractivity contribution in [3.63, 3.8) is 0 Å². The van der Waals surface area contributed by atoms with Crippen LogP contribution in [0.25, 0.3) is 0 Å². The Morgan fingerprint density at radius 3 is 2.76 bits per heavy atom. The van der Waals surface area contributed by atoms with E-state index in [4.69, 9.17) is 4.74 Å². The number of pyridine rings is 1. The van der Waals surface area contributed by atoms with Crippen molar-refractivity contribution in [3.8, 4) is 0 Å². The molecule has 1 aromatic carbocycles. The molecule has 1 fully saturated rings. The number of halogens is 1. The molecule has 0 aliphatic carbocycles. The van der Waals surface area contributed by atoms with Crippen LogP contribution >= 0.6 is 0 Å². The van der Waals surface area contributed by atoms with Crippen molar-refractivity contribution >= 4 is 29.2 Å². The standard InChI is InChI=1S/C26H27FN6O4/c1-3-33-20(6-9-29-33)23(34)32-22(16-4-5-18(27)15(2)12-16)24(35)31-21-13-19-17(14-28-21)26(25(36)30-19)7-10-37-11-8-26/h4-6,9,12-14,22H,3,7-8,10-11H2,1-2H3,(H,30,36)(H,32,34)(H,28,31,35). The molecule has 11 heteroatoms. The highest BCUT2D eigenvalue weighted by atomic mass is 19.1. The molecule has 10 nitrogen and oxygen atoms in total. The Bertz CT molecular complexity index is 1380. The summed E-state index contributed by atoms with van der Waals surface area (Å²) in [4.78, 5) is 43.7. The topological polar surface area (TPSA) is 127 Å². The van der Waals surface area contributed by atoms with E-state index in [1.54, 1.807) is 25.3 Å². The van der Waals surface area contributed by atoms with Crippen molar-refractivity contribution in [2.24, 2.45) is 0 Å². The number of nitrogens with zero attached hydrogens (tertiary/aromatic N) is 3.